The first-order valence-electron chi connectivity index (χ1n) is 10.9. The van der Waals surface area contributed by atoms with Crippen molar-refractivity contribution in [3.63, 3.8) is 0 Å². The first-order chi connectivity index (χ1) is 13.9. The number of Topliss-reactive ketones (excluding diaryl/α,β-unsaturated/α-hetero) is 1. The largest absolute Gasteiger partial charge is 0.497 e. The summed E-state index contributed by atoms with van der Waals surface area (Å²) in [6.07, 6.45) is 2.47. The van der Waals surface area contributed by atoms with E-state index in [-0.39, 0.29) is 17.8 Å². The van der Waals surface area contributed by atoms with Gasteiger partial charge in [0.25, 0.3) is 0 Å². The Bertz CT molecular complexity index is 627. The molecule has 0 bridgehead atoms. The second-order valence-electron chi connectivity index (χ2n) is 7.70. The summed E-state index contributed by atoms with van der Waals surface area (Å²) in [5.41, 5.74) is 2.20. The van der Waals surface area contributed by atoms with Gasteiger partial charge in [-0.1, -0.05) is 52.8 Å². The number of carbonyl (C=O) groups is 1. The molecule has 0 saturated heterocycles. The van der Waals surface area contributed by atoms with Gasteiger partial charge in [0.2, 0.25) is 0 Å². The van der Waals surface area contributed by atoms with Gasteiger partial charge in [-0.05, 0) is 48.3 Å². The molecule has 0 aliphatic carbocycles. The average Bonchev–Trinajstić information content (AvgIpc) is 2.77. The van der Waals surface area contributed by atoms with E-state index in [0.717, 1.165) is 35.0 Å². The van der Waals surface area contributed by atoms with E-state index in [2.05, 4.69) is 33.8 Å². The average molecular weight is 421 g/mol. The van der Waals surface area contributed by atoms with Gasteiger partial charge in [0, 0.05) is 12.3 Å². The molecule has 5 heteroatoms. The first-order valence-corrected chi connectivity index (χ1v) is 13.5. The van der Waals surface area contributed by atoms with Gasteiger partial charge in [0.1, 0.15) is 11.5 Å². The summed E-state index contributed by atoms with van der Waals surface area (Å²) >= 11 is 0. The van der Waals surface area contributed by atoms with Crippen LogP contribution in [0.25, 0.3) is 0 Å². The summed E-state index contributed by atoms with van der Waals surface area (Å²) in [5, 5.41) is 0. The molecule has 0 saturated carbocycles. The first kappa shape index (κ1) is 25.6. The molecule has 1 aromatic carbocycles. The van der Waals surface area contributed by atoms with Crippen LogP contribution in [0.1, 0.15) is 53.5 Å². The van der Waals surface area contributed by atoms with Gasteiger partial charge in [0.05, 0.1) is 26.4 Å². The van der Waals surface area contributed by atoms with E-state index in [4.69, 9.17) is 13.9 Å². The maximum atomic E-state index is 12.4. The minimum atomic E-state index is -1.82. The maximum absolute atomic E-state index is 12.4. The van der Waals surface area contributed by atoms with Gasteiger partial charge in [-0.3, -0.25) is 4.79 Å². The lowest BCUT2D eigenvalue weighted by molar-refractivity contribution is -0.124. The number of hydrogen-bond acceptors (Lipinski definition) is 4. The molecule has 0 heterocycles. The third-order valence-corrected chi connectivity index (χ3v) is 10.6. The Hall–Kier alpha value is -1.43. The van der Waals surface area contributed by atoms with E-state index < -0.39 is 8.32 Å². The van der Waals surface area contributed by atoms with E-state index >= 15 is 0 Å². The topological polar surface area (TPSA) is 44.8 Å². The van der Waals surface area contributed by atoms with Crippen molar-refractivity contribution < 1.29 is 18.7 Å². The number of ether oxygens (including phenoxy) is 2. The Balaban J connectivity index is 2.82. The van der Waals surface area contributed by atoms with Crippen molar-refractivity contribution in [1.29, 1.82) is 0 Å². The highest BCUT2D eigenvalue weighted by Crippen LogP contribution is 2.29. The molecule has 0 spiro atoms. The van der Waals surface area contributed by atoms with Gasteiger partial charge >= 0.3 is 0 Å². The Labute approximate surface area is 178 Å². The van der Waals surface area contributed by atoms with Crippen molar-refractivity contribution in [1.82, 2.24) is 0 Å². The third-order valence-electron chi connectivity index (χ3n) is 6.02. The van der Waals surface area contributed by atoms with Crippen LogP contribution in [-0.2, 0) is 20.6 Å². The van der Waals surface area contributed by atoms with Crippen LogP contribution in [0.4, 0.5) is 0 Å². The van der Waals surface area contributed by atoms with Gasteiger partial charge in [-0.2, -0.15) is 0 Å². The summed E-state index contributed by atoms with van der Waals surface area (Å²) in [5.74, 6) is 0.969. The second kappa shape index (κ2) is 13.0. The van der Waals surface area contributed by atoms with Crippen molar-refractivity contribution in [3.8, 4) is 5.75 Å². The van der Waals surface area contributed by atoms with Crippen LogP contribution in [0.3, 0.4) is 0 Å². The van der Waals surface area contributed by atoms with Crippen LogP contribution in [-0.4, -0.2) is 33.9 Å². The third kappa shape index (κ3) is 7.72. The minimum absolute atomic E-state index is 0.130. The summed E-state index contributed by atoms with van der Waals surface area (Å²) in [7, 11) is -0.158. The number of hydrogen-bond donors (Lipinski definition) is 0. The zero-order valence-electron chi connectivity index (χ0n) is 19.4. The zero-order chi connectivity index (χ0) is 21.9. The summed E-state index contributed by atoms with van der Waals surface area (Å²) in [6, 6.07) is 11.1. The molecule has 0 aromatic heterocycles. The number of carbonyl (C=O) groups excluding carboxylic acids is 1. The number of benzene rings is 1. The molecule has 1 aromatic rings. The monoisotopic (exact) mass is 420 g/mol. The molecule has 0 unspecified atom stereocenters. The van der Waals surface area contributed by atoms with E-state index in [1.54, 1.807) is 7.11 Å². The fraction of sp³-hybridized carbons (Fsp3) is 0.625. The van der Waals surface area contributed by atoms with Crippen LogP contribution >= 0.6 is 0 Å². The van der Waals surface area contributed by atoms with E-state index in [9.17, 15) is 4.79 Å². The molecule has 164 valence electrons. The van der Waals surface area contributed by atoms with Gasteiger partial charge in [-0.25, -0.2) is 0 Å². The molecule has 2 atom stereocenters. The summed E-state index contributed by atoms with van der Waals surface area (Å²) < 4.78 is 17.8. The highest BCUT2D eigenvalue weighted by molar-refractivity contribution is 6.73. The quantitative estimate of drug-likeness (QED) is 0.205. The normalized spacial score (nSPS) is 14.5. The fourth-order valence-electron chi connectivity index (χ4n) is 3.55. The molecular weight excluding hydrogens is 380 g/mol. The van der Waals surface area contributed by atoms with Gasteiger partial charge in [-0.15, -0.1) is 0 Å². The minimum Gasteiger partial charge on any atom is -0.497 e. The summed E-state index contributed by atoms with van der Waals surface area (Å²) in [6.45, 7) is 13.7. The molecule has 0 aliphatic rings. The smallest absolute Gasteiger partial charge is 0.192 e. The molecule has 0 fully saturated rings. The van der Waals surface area contributed by atoms with Gasteiger partial charge in [0.15, 0.2) is 8.32 Å². The van der Waals surface area contributed by atoms with Crippen molar-refractivity contribution in [3.05, 3.63) is 41.5 Å². The fourth-order valence-corrected chi connectivity index (χ4v) is 6.48. The lowest BCUT2D eigenvalue weighted by atomic mass is 9.93. The molecule has 0 aliphatic heterocycles. The van der Waals surface area contributed by atoms with Crippen molar-refractivity contribution in [2.24, 2.45) is 5.92 Å². The Morgan fingerprint density at radius 1 is 1.07 bits per heavy atom. The maximum Gasteiger partial charge on any atom is 0.192 e. The van der Waals surface area contributed by atoms with Gasteiger partial charge < -0.3 is 13.9 Å². The number of ketones is 1. The zero-order valence-corrected chi connectivity index (χ0v) is 20.4. The molecule has 0 N–H and O–H groups in total. The molecule has 1 rings (SSSR count). The predicted octanol–water partition coefficient (Wildman–Crippen LogP) is 6.16. The Morgan fingerprint density at radius 2 is 1.66 bits per heavy atom. The second-order valence-corrected chi connectivity index (χ2v) is 12.4. The van der Waals surface area contributed by atoms with E-state index in [0.29, 0.717) is 19.6 Å². The van der Waals surface area contributed by atoms with E-state index in [1.807, 2.05) is 38.1 Å². The molecule has 4 nitrogen and oxygen atoms in total. The molecule has 0 radical (unpaired) electrons. The summed E-state index contributed by atoms with van der Waals surface area (Å²) in [4.78, 5) is 12.4. The van der Waals surface area contributed by atoms with Crippen LogP contribution in [0.5, 0.6) is 5.75 Å². The lowest BCUT2D eigenvalue weighted by Gasteiger charge is -2.36. The highest BCUT2D eigenvalue weighted by atomic mass is 28.4. The van der Waals surface area contributed by atoms with E-state index in [1.165, 1.54) is 0 Å². The van der Waals surface area contributed by atoms with Crippen LogP contribution in [0.2, 0.25) is 18.1 Å². The number of methoxy groups -OCH3 is 1. The lowest BCUT2D eigenvalue weighted by Crippen LogP contribution is -2.44. The van der Waals surface area contributed by atoms with Crippen molar-refractivity contribution in [2.45, 2.75) is 78.8 Å². The van der Waals surface area contributed by atoms with Crippen LogP contribution in [0.15, 0.2) is 35.9 Å². The van der Waals surface area contributed by atoms with Crippen LogP contribution in [0, 0.1) is 5.92 Å². The Morgan fingerprint density at radius 3 is 2.14 bits per heavy atom. The molecule has 0 amide bonds. The highest BCUT2D eigenvalue weighted by Gasteiger charge is 2.36. The molecular formula is C24H40O4Si. The van der Waals surface area contributed by atoms with Crippen molar-refractivity contribution in [2.75, 3.05) is 13.7 Å². The molecule has 29 heavy (non-hydrogen) atoms. The predicted molar refractivity (Wildman–Crippen MR) is 123 cm³/mol. The Kier molecular flexibility index (Phi) is 11.5. The standard InChI is InChI=1S/C24H40O4Si/c1-8-23(25)20(6)24(28-29(9-2,10-3)11-4)19(5)16-17-27-18-21-12-14-22(26-7)15-13-21/h12-16,20,24H,8-11,17-18H2,1-7H3/b19-16-/t20-,24+/m0/s1. The SMILES string of the molecule is CCC(=O)[C@H](C)[C@H](O[Si](CC)(CC)CC)/C(C)=C\COCc1ccc(OC)cc1. The van der Waals surface area contributed by atoms with Crippen LogP contribution < -0.4 is 4.74 Å². The number of rotatable bonds is 14. The van der Waals surface area contributed by atoms with Crippen molar-refractivity contribution >= 4 is 14.1 Å².